The molecule has 1 unspecified atom stereocenters. The van der Waals surface area contributed by atoms with Gasteiger partial charge in [-0.15, -0.1) is 0 Å². The van der Waals surface area contributed by atoms with Crippen LogP contribution in [0.15, 0.2) is 0 Å². The maximum absolute atomic E-state index is 5.43. The van der Waals surface area contributed by atoms with Crippen molar-refractivity contribution in [1.29, 1.82) is 0 Å². The minimum atomic E-state index is 0.687. The van der Waals surface area contributed by atoms with Crippen LogP contribution in [0.3, 0.4) is 0 Å². The van der Waals surface area contributed by atoms with E-state index in [9.17, 15) is 0 Å². The highest BCUT2D eigenvalue weighted by Crippen LogP contribution is 2.04. The molecule has 0 fully saturated rings. The van der Waals surface area contributed by atoms with E-state index in [-0.39, 0.29) is 0 Å². The summed E-state index contributed by atoms with van der Waals surface area (Å²) in [4.78, 5) is 0. The van der Waals surface area contributed by atoms with Crippen molar-refractivity contribution in [2.75, 3.05) is 13.1 Å². The molecule has 0 bridgehead atoms. The molecule has 86 valence electrons. The summed E-state index contributed by atoms with van der Waals surface area (Å²) in [7, 11) is 0. The minimum absolute atomic E-state index is 0.687. The number of hydrogen-bond donors (Lipinski definition) is 2. The van der Waals surface area contributed by atoms with Crippen LogP contribution >= 0.6 is 0 Å². The molecule has 0 amide bonds. The van der Waals surface area contributed by atoms with Crippen LogP contribution in [0.4, 0.5) is 0 Å². The van der Waals surface area contributed by atoms with Gasteiger partial charge in [0.1, 0.15) is 0 Å². The third kappa shape index (κ3) is 10.0. The van der Waals surface area contributed by atoms with E-state index in [1.165, 1.54) is 51.5 Å². The smallest absolute Gasteiger partial charge is 0.00360 e. The first-order valence-electron chi connectivity index (χ1n) is 6.24. The number of nitrogens with two attached hydrogens (primary N) is 1. The Morgan fingerprint density at radius 2 is 1.57 bits per heavy atom. The molecule has 0 spiro atoms. The van der Waals surface area contributed by atoms with Crippen molar-refractivity contribution in [3.05, 3.63) is 0 Å². The van der Waals surface area contributed by atoms with Gasteiger partial charge in [-0.1, -0.05) is 32.6 Å². The summed E-state index contributed by atoms with van der Waals surface area (Å²) in [6.45, 7) is 6.52. The Balaban J connectivity index is 2.92. The predicted molar refractivity (Wildman–Crippen MR) is 64.5 cm³/mol. The number of unbranched alkanes of at least 4 members (excludes halogenated alkanes) is 5. The second kappa shape index (κ2) is 11.0. The maximum Gasteiger partial charge on any atom is 0.00360 e. The Morgan fingerprint density at radius 1 is 1.00 bits per heavy atom. The Hall–Kier alpha value is -0.0800. The zero-order valence-electron chi connectivity index (χ0n) is 10.0. The molecule has 0 radical (unpaired) electrons. The van der Waals surface area contributed by atoms with E-state index < -0.39 is 0 Å². The monoisotopic (exact) mass is 200 g/mol. The molecule has 0 heterocycles. The van der Waals surface area contributed by atoms with E-state index in [1.807, 2.05) is 0 Å². The van der Waals surface area contributed by atoms with Gasteiger partial charge in [-0.05, 0) is 39.3 Å². The number of hydrogen-bond acceptors (Lipinski definition) is 2. The van der Waals surface area contributed by atoms with Crippen molar-refractivity contribution in [2.24, 2.45) is 5.73 Å². The fourth-order valence-electron chi connectivity index (χ4n) is 1.47. The molecule has 1 atom stereocenters. The van der Waals surface area contributed by atoms with Crippen LogP contribution in [0.25, 0.3) is 0 Å². The van der Waals surface area contributed by atoms with E-state index in [0.717, 1.165) is 6.54 Å². The Labute approximate surface area is 89.6 Å². The van der Waals surface area contributed by atoms with Crippen molar-refractivity contribution >= 4 is 0 Å². The van der Waals surface area contributed by atoms with Gasteiger partial charge in [0.25, 0.3) is 0 Å². The first kappa shape index (κ1) is 13.9. The van der Waals surface area contributed by atoms with Crippen LogP contribution in [0.2, 0.25) is 0 Å². The molecular weight excluding hydrogens is 172 g/mol. The van der Waals surface area contributed by atoms with Crippen LogP contribution < -0.4 is 11.1 Å². The summed E-state index contributed by atoms with van der Waals surface area (Å²) in [5.41, 5.74) is 5.43. The lowest BCUT2D eigenvalue weighted by Crippen LogP contribution is -2.25. The summed E-state index contributed by atoms with van der Waals surface area (Å²) < 4.78 is 0. The Bertz CT molecular complexity index is 104. The van der Waals surface area contributed by atoms with Crippen LogP contribution in [-0.4, -0.2) is 19.1 Å². The number of rotatable bonds is 10. The zero-order chi connectivity index (χ0) is 10.6. The molecule has 0 aromatic carbocycles. The van der Waals surface area contributed by atoms with Gasteiger partial charge in [-0.3, -0.25) is 0 Å². The quantitative estimate of drug-likeness (QED) is 0.532. The van der Waals surface area contributed by atoms with Crippen molar-refractivity contribution in [1.82, 2.24) is 5.32 Å². The van der Waals surface area contributed by atoms with Gasteiger partial charge in [0.2, 0.25) is 0 Å². The highest BCUT2D eigenvalue weighted by molar-refractivity contribution is 4.57. The molecule has 2 heteroatoms. The van der Waals surface area contributed by atoms with Crippen molar-refractivity contribution in [2.45, 2.75) is 64.8 Å². The standard InChI is InChI=1S/C12H28N2/c1-3-12(2)14-11-9-7-5-4-6-8-10-13/h12,14H,3-11,13H2,1-2H3. The van der Waals surface area contributed by atoms with Gasteiger partial charge < -0.3 is 11.1 Å². The fourth-order valence-corrected chi connectivity index (χ4v) is 1.47. The molecule has 3 N–H and O–H groups in total. The third-order valence-corrected chi connectivity index (χ3v) is 2.74. The van der Waals surface area contributed by atoms with E-state index in [2.05, 4.69) is 19.2 Å². The normalized spacial score (nSPS) is 13.1. The highest BCUT2D eigenvalue weighted by Gasteiger charge is 1.95. The molecule has 0 aliphatic heterocycles. The number of nitrogens with one attached hydrogen (secondary N) is 1. The lowest BCUT2D eigenvalue weighted by atomic mass is 10.1. The van der Waals surface area contributed by atoms with Crippen molar-refractivity contribution in [3.63, 3.8) is 0 Å². The molecule has 0 saturated heterocycles. The highest BCUT2D eigenvalue weighted by atomic mass is 14.9. The maximum atomic E-state index is 5.43. The van der Waals surface area contributed by atoms with Gasteiger partial charge in [-0.25, -0.2) is 0 Å². The first-order valence-corrected chi connectivity index (χ1v) is 6.24. The summed E-state index contributed by atoms with van der Waals surface area (Å²) in [6, 6.07) is 0.687. The Kier molecular flexibility index (Phi) is 10.9. The first-order chi connectivity index (χ1) is 6.81. The SMILES string of the molecule is CCC(C)NCCCCCCCCN. The zero-order valence-corrected chi connectivity index (χ0v) is 10.0. The van der Waals surface area contributed by atoms with Gasteiger partial charge in [0.05, 0.1) is 0 Å². The second-order valence-corrected chi connectivity index (χ2v) is 4.17. The fraction of sp³-hybridized carbons (Fsp3) is 1.00. The molecule has 0 aromatic heterocycles. The molecule has 0 aliphatic carbocycles. The summed E-state index contributed by atoms with van der Waals surface area (Å²) in [5, 5.41) is 3.51. The van der Waals surface area contributed by atoms with Crippen LogP contribution in [0, 0.1) is 0 Å². The van der Waals surface area contributed by atoms with Crippen LogP contribution in [-0.2, 0) is 0 Å². The van der Waals surface area contributed by atoms with E-state index in [0.29, 0.717) is 6.04 Å². The van der Waals surface area contributed by atoms with E-state index in [1.54, 1.807) is 0 Å². The molecule has 14 heavy (non-hydrogen) atoms. The van der Waals surface area contributed by atoms with Crippen LogP contribution in [0.1, 0.15) is 58.8 Å². The summed E-state index contributed by atoms with van der Waals surface area (Å²) in [5.74, 6) is 0. The predicted octanol–water partition coefficient (Wildman–Crippen LogP) is 2.67. The summed E-state index contributed by atoms with van der Waals surface area (Å²) >= 11 is 0. The minimum Gasteiger partial charge on any atom is -0.330 e. The lowest BCUT2D eigenvalue weighted by Gasteiger charge is -2.10. The molecule has 0 rings (SSSR count). The molecule has 0 saturated carbocycles. The second-order valence-electron chi connectivity index (χ2n) is 4.17. The molecular formula is C12H28N2. The molecule has 2 nitrogen and oxygen atoms in total. The van der Waals surface area contributed by atoms with Crippen LogP contribution in [0.5, 0.6) is 0 Å². The molecule has 0 aromatic rings. The molecule has 0 aliphatic rings. The van der Waals surface area contributed by atoms with E-state index in [4.69, 9.17) is 5.73 Å². The Morgan fingerprint density at radius 3 is 2.14 bits per heavy atom. The van der Waals surface area contributed by atoms with Gasteiger partial charge in [-0.2, -0.15) is 0 Å². The van der Waals surface area contributed by atoms with E-state index >= 15 is 0 Å². The average Bonchev–Trinajstić information content (AvgIpc) is 2.21. The largest absolute Gasteiger partial charge is 0.330 e. The third-order valence-electron chi connectivity index (χ3n) is 2.74. The van der Waals surface area contributed by atoms with Gasteiger partial charge >= 0.3 is 0 Å². The summed E-state index contributed by atoms with van der Waals surface area (Å²) in [6.07, 6.45) is 9.18. The lowest BCUT2D eigenvalue weighted by molar-refractivity contribution is 0.503. The van der Waals surface area contributed by atoms with Gasteiger partial charge in [0, 0.05) is 6.04 Å². The topological polar surface area (TPSA) is 38.0 Å². The van der Waals surface area contributed by atoms with Crippen molar-refractivity contribution in [3.8, 4) is 0 Å². The average molecular weight is 200 g/mol. The van der Waals surface area contributed by atoms with Gasteiger partial charge in [0.15, 0.2) is 0 Å². The van der Waals surface area contributed by atoms with Crippen molar-refractivity contribution < 1.29 is 0 Å².